The quantitative estimate of drug-likeness (QED) is 0.167. The molecule has 0 saturated heterocycles. The number of allylic oxidation sites excluding steroid dienone is 2. The summed E-state index contributed by atoms with van der Waals surface area (Å²) in [6, 6.07) is 8.13. The predicted molar refractivity (Wildman–Crippen MR) is 159 cm³/mol. The zero-order chi connectivity index (χ0) is 31.4. The first-order chi connectivity index (χ1) is 21.2. The van der Waals surface area contributed by atoms with Gasteiger partial charge in [-0.1, -0.05) is 31.6 Å². The maximum Gasteiger partial charge on any atom is 0.201 e. The van der Waals surface area contributed by atoms with Crippen molar-refractivity contribution in [1.29, 1.82) is 0 Å². The Bertz CT molecular complexity index is 1510. The zero-order valence-corrected chi connectivity index (χ0v) is 25.1. The number of ether oxygens (including phenoxy) is 2. The van der Waals surface area contributed by atoms with Crippen molar-refractivity contribution in [3.8, 4) is 22.6 Å². The van der Waals surface area contributed by atoms with Crippen molar-refractivity contribution >= 4 is 5.57 Å². The van der Waals surface area contributed by atoms with Crippen molar-refractivity contribution in [1.82, 2.24) is 0 Å². The van der Waals surface area contributed by atoms with Crippen LogP contribution in [0.4, 0.5) is 26.3 Å². The summed E-state index contributed by atoms with van der Waals surface area (Å²) in [4.78, 5) is 0. The van der Waals surface area contributed by atoms with Crippen LogP contribution in [0.25, 0.3) is 16.7 Å². The number of benzene rings is 3. The Morgan fingerprint density at radius 2 is 1.23 bits per heavy atom. The van der Waals surface area contributed by atoms with E-state index in [2.05, 4.69) is 0 Å². The van der Waals surface area contributed by atoms with E-state index in [-0.39, 0.29) is 40.7 Å². The van der Waals surface area contributed by atoms with Crippen molar-refractivity contribution in [2.45, 2.75) is 71.6 Å². The third-order valence-electron chi connectivity index (χ3n) is 9.24. The van der Waals surface area contributed by atoms with Crippen LogP contribution >= 0.6 is 0 Å². The molecule has 44 heavy (non-hydrogen) atoms. The van der Waals surface area contributed by atoms with E-state index in [0.29, 0.717) is 30.4 Å². The molecule has 3 aromatic rings. The minimum atomic E-state index is -1.28. The fraction of sp³-hybridized carbons (Fsp3) is 0.444. The van der Waals surface area contributed by atoms with Gasteiger partial charge in [-0.15, -0.1) is 0 Å². The third-order valence-corrected chi connectivity index (χ3v) is 9.24. The Morgan fingerprint density at radius 1 is 0.636 bits per heavy atom. The molecule has 0 N–H and O–H groups in total. The van der Waals surface area contributed by atoms with Gasteiger partial charge in [0.1, 0.15) is 0 Å². The summed E-state index contributed by atoms with van der Waals surface area (Å²) in [7, 11) is 0. The Balaban J connectivity index is 1.13. The van der Waals surface area contributed by atoms with Gasteiger partial charge in [0.25, 0.3) is 0 Å². The summed E-state index contributed by atoms with van der Waals surface area (Å²) in [5, 5.41) is 0. The van der Waals surface area contributed by atoms with Gasteiger partial charge in [0.05, 0.1) is 13.2 Å². The average molecular weight is 617 g/mol. The summed E-state index contributed by atoms with van der Waals surface area (Å²) in [6.07, 6.45) is 9.82. The van der Waals surface area contributed by atoms with Gasteiger partial charge < -0.3 is 9.47 Å². The molecule has 0 heterocycles. The highest BCUT2D eigenvalue weighted by Crippen LogP contribution is 2.42. The van der Waals surface area contributed by atoms with E-state index >= 15 is 0 Å². The van der Waals surface area contributed by atoms with Gasteiger partial charge in [-0.3, -0.25) is 0 Å². The first kappa shape index (κ1) is 32.0. The molecule has 2 nitrogen and oxygen atoms in total. The van der Waals surface area contributed by atoms with Gasteiger partial charge in [0, 0.05) is 16.7 Å². The molecule has 0 aromatic heterocycles. The Kier molecular flexibility index (Phi) is 10.3. The molecule has 0 bridgehead atoms. The Labute approximate surface area is 255 Å². The molecule has 2 aliphatic rings. The second-order valence-electron chi connectivity index (χ2n) is 12.1. The summed E-state index contributed by atoms with van der Waals surface area (Å²) in [6.45, 7) is 3.98. The molecular weight excluding hydrogens is 578 g/mol. The van der Waals surface area contributed by atoms with Gasteiger partial charge in [-0.25, -0.2) is 17.6 Å². The predicted octanol–water partition coefficient (Wildman–Crippen LogP) is 10.7. The third kappa shape index (κ3) is 6.79. The van der Waals surface area contributed by atoms with E-state index < -0.39 is 34.9 Å². The molecule has 5 rings (SSSR count). The van der Waals surface area contributed by atoms with Crippen LogP contribution in [-0.2, 0) is 0 Å². The van der Waals surface area contributed by atoms with Crippen LogP contribution in [-0.4, -0.2) is 13.2 Å². The number of hydrogen-bond donors (Lipinski definition) is 0. The number of aryl methyl sites for hydroxylation is 1. The minimum absolute atomic E-state index is 0.0473. The van der Waals surface area contributed by atoms with Crippen molar-refractivity contribution in [2.75, 3.05) is 13.2 Å². The van der Waals surface area contributed by atoms with Gasteiger partial charge in [0.2, 0.25) is 11.6 Å². The molecule has 0 radical (unpaired) electrons. The largest absolute Gasteiger partial charge is 0.490 e. The smallest absolute Gasteiger partial charge is 0.201 e. The minimum Gasteiger partial charge on any atom is -0.490 e. The lowest BCUT2D eigenvalue weighted by atomic mass is 9.71. The maximum atomic E-state index is 14.9. The van der Waals surface area contributed by atoms with Gasteiger partial charge in [-0.2, -0.15) is 8.78 Å². The van der Waals surface area contributed by atoms with Crippen LogP contribution in [0, 0.1) is 59.6 Å². The van der Waals surface area contributed by atoms with Crippen molar-refractivity contribution in [3.05, 3.63) is 88.5 Å². The van der Waals surface area contributed by atoms with Gasteiger partial charge in [0.15, 0.2) is 34.8 Å². The summed E-state index contributed by atoms with van der Waals surface area (Å²) in [5.41, 5.74) is 0.500. The van der Waals surface area contributed by atoms with Crippen molar-refractivity contribution in [2.24, 2.45) is 17.8 Å². The van der Waals surface area contributed by atoms with Crippen LogP contribution in [0.1, 0.15) is 75.8 Å². The Hall–Kier alpha value is -3.42. The van der Waals surface area contributed by atoms with Crippen LogP contribution in [0.15, 0.2) is 42.5 Å². The SMILES string of the molecule is CCCCOc1ccc(C2=CCC(C3CCC(COc4ccc(-c5ccc(C)c(F)c5F)c(F)c4F)CC3)CC2)c(F)c1F. The Morgan fingerprint density at radius 3 is 1.86 bits per heavy atom. The lowest BCUT2D eigenvalue weighted by Gasteiger charge is -2.35. The fourth-order valence-corrected chi connectivity index (χ4v) is 6.48. The molecule has 2 aliphatic carbocycles. The van der Waals surface area contributed by atoms with Crippen LogP contribution in [0.5, 0.6) is 11.5 Å². The number of rotatable bonds is 10. The van der Waals surface area contributed by atoms with Crippen molar-refractivity contribution < 1.29 is 35.8 Å². The molecule has 0 amide bonds. The van der Waals surface area contributed by atoms with Crippen LogP contribution < -0.4 is 9.47 Å². The van der Waals surface area contributed by atoms with E-state index in [9.17, 15) is 26.3 Å². The molecule has 1 atom stereocenters. The summed E-state index contributed by atoms with van der Waals surface area (Å²) < 4.78 is 98.5. The molecule has 8 heteroatoms. The molecule has 1 saturated carbocycles. The van der Waals surface area contributed by atoms with E-state index in [1.165, 1.54) is 37.3 Å². The standard InChI is InChI=1S/C36H38F6O2/c1-3-4-19-43-29-17-15-26(32(38)35(29)41)25-12-10-24(11-13-25)23-8-6-22(7-9-23)20-44-30-18-16-28(34(40)36(30)42)27-14-5-21(2)31(37)33(27)39/h5,12,14-18,22-24H,3-4,6-11,13,19-20H2,1-2H3. The topological polar surface area (TPSA) is 18.5 Å². The molecule has 1 unspecified atom stereocenters. The molecule has 3 aromatic carbocycles. The number of hydrogen-bond acceptors (Lipinski definition) is 2. The molecule has 1 fully saturated rings. The number of halogens is 6. The number of unbranched alkanes of at least 4 members (excludes halogenated alkanes) is 1. The van der Waals surface area contributed by atoms with E-state index in [0.717, 1.165) is 56.9 Å². The first-order valence-corrected chi connectivity index (χ1v) is 15.6. The zero-order valence-electron chi connectivity index (χ0n) is 25.1. The molecule has 236 valence electrons. The lowest BCUT2D eigenvalue weighted by molar-refractivity contribution is 0.146. The van der Waals surface area contributed by atoms with E-state index in [1.54, 1.807) is 6.07 Å². The normalized spacial score (nSPS) is 20.4. The average Bonchev–Trinajstić information content (AvgIpc) is 3.04. The van der Waals surface area contributed by atoms with Crippen molar-refractivity contribution in [3.63, 3.8) is 0 Å². The highest BCUT2D eigenvalue weighted by molar-refractivity contribution is 5.68. The van der Waals surface area contributed by atoms with E-state index in [4.69, 9.17) is 9.47 Å². The second-order valence-corrected chi connectivity index (χ2v) is 12.1. The second kappa shape index (κ2) is 14.1. The summed E-state index contributed by atoms with van der Waals surface area (Å²) >= 11 is 0. The highest BCUT2D eigenvalue weighted by atomic mass is 19.2. The van der Waals surface area contributed by atoms with Gasteiger partial charge in [-0.05, 0) is 111 Å². The monoisotopic (exact) mass is 616 g/mol. The van der Waals surface area contributed by atoms with Crippen LogP contribution in [0.3, 0.4) is 0 Å². The lowest BCUT2D eigenvalue weighted by Crippen LogP contribution is -2.26. The summed E-state index contributed by atoms with van der Waals surface area (Å²) in [5.74, 6) is -5.77. The molecular formula is C36H38F6O2. The fourth-order valence-electron chi connectivity index (χ4n) is 6.48. The van der Waals surface area contributed by atoms with Gasteiger partial charge >= 0.3 is 0 Å². The van der Waals surface area contributed by atoms with E-state index in [1.807, 2.05) is 13.0 Å². The molecule has 0 spiro atoms. The highest BCUT2D eigenvalue weighted by Gasteiger charge is 2.30. The maximum absolute atomic E-state index is 14.9. The van der Waals surface area contributed by atoms with Crippen LogP contribution in [0.2, 0.25) is 0 Å². The molecule has 0 aliphatic heterocycles. The first-order valence-electron chi connectivity index (χ1n) is 15.6.